The van der Waals surface area contributed by atoms with E-state index >= 15 is 0 Å². The van der Waals surface area contributed by atoms with Gasteiger partial charge in [0, 0.05) is 36.4 Å². The molecule has 1 aromatic heterocycles. The molecule has 0 aliphatic heterocycles. The van der Waals surface area contributed by atoms with Crippen LogP contribution in [0.4, 0.5) is 0 Å². The highest BCUT2D eigenvalue weighted by Crippen LogP contribution is 2.27. The average molecular weight is 225 g/mol. The van der Waals surface area contributed by atoms with Gasteiger partial charge < -0.3 is 4.90 Å². The number of alkyl halides is 1. The highest BCUT2D eigenvalue weighted by atomic mass is 35.5. The molecule has 1 aliphatic carbocycles. The Hall–Kier alpha value is -1.09. The molecular weight excluding hydrogens is 212 g/mol. The minimum atomic E-state index is 0.0700. The molecule has 1 aliphatic rings. The van der Waals surface area contributed by atoms with Crippen molar-refractivity contribution in [2.45, 2.75) is 18.9 Å². The molecular formula is C11H13ClN2O. The molecule has 15 heavy (non-hydrogen) atoms. The van der Waals surface area contributed by atoms with Gasteiger partial charge in [-0.25, -0.2) is 0 Å². The number of hydrogen-bond acceptors (Lipinski definition) is 2. The van der Waals surface area contributed by atoms with Crippen LogP contribution in [0.25, 0.3) is 0 Å². The number of pyridine rings is 1. The topological polar surface area (TPSA) is 33.2 Å². The van der Waals surface area contributed by atoms with E-state index in [1.807, 2.05) is 4.90 Å². The van der Waals surface area contributed by atoms with Gasteiger partial charge in [0.05, 0.1) is 0 Å². The van der Waals surface area contributed by atoms with Crippen molar-refractivity contribution in [3.8, 4) is 0 Å². The van der Waals surface area contributed by atoms with Crippen molar-refractivity contribution >= 4 is 17.5 Å². The third kappa shape index (κ3) is 2.48. The maximum atomic E-state index is 12.1. The van der Waals surface area contributed by atoms with Crippen LogP contribution >= 0.6 is 11.6 Å². The molecule has 1 fully saturated rings. The van der Waals surface area contributed by atoms with E-state index in [0.29, 0.717) is 24.0 Å². The first-order valence-corrected chi connectivity index (χ1v) is 5.63. The van der Waals surface area contributed by atoms with E-state index in [1.54, 1.807) is 24.5 Å². The number of carbonyl (C=O) groups is 1. The van der Waals surface area contributed by atoms with Crippen molar-refractivity contribution in [1.29, 1.82) is 0 Å². The van der Waals surface area contributed by atoms with Gasteiger partial charge in [-0.3, -0.25) is 9.78 Å². The standard InChI is InChI=1S/C11H13ClN2O/c12-5-8-14(10-1-2-10)11(15)9-3-6-13-7-4-9/h3-4,6-7,10H,1-2,5,8H2. The molecule has 0 N–H and O–H groups in total. The van der Waals surface area contributed by atoms with Crippen LogP contribution in [0.3, 0.4) is 0 Å². The van der Waals surface area contributed by atoms with Crippen LogP contribution in [0.2, 0.25) is 0 Å². The minimum absolute atomic E-state index is 0.0700. The van der Waals surface area contributed by atoms with Crippen LogP contribution in [0, 0.1) is 0 Å². The Morgan fingerprint density at radius 2 is 2.13 bits per heavy atom. The Kier molecular flexibility index (Phi) is 3.21. The van der Waals surface area contributed by atoms with Gasteiger partial charge in [0.25, 0.3) is 5.91 Å². The van der Waals surface area contributed by atoms with E-state index in [9.17, 15) is 4.79 Å². The Labute approximate surface area is 94.1 Å². The largest absolute Gasteiger partial charge is 0.334 e. The van der Waals surface area contributed by atoms with E-state index in [0.717, 1.165) is 12.8 Å². The number of hydrogen-bond donors (Lipinski definition) is 0. The van der Waals surface area contributed by atoms with Crippen molar-refractivity contribution in [2.24, 2.45) is 0 Å². The van der Waals surface area contributed by atoms with E-state index in [1.165, 1.54) is 0 Å². The van der Waals surface area contributed by atoms with E-state index < -0.39 is 0 Å². The normalized spacial score (nSPS) is 15.0. The van der Waals surface area contributed by atoms with Crippen LogP contribution in [0.5, 0.6) is 0 Å². The third-order valence-electron chi connectivity index (χ3n) is 2.50. The summed E-state index contributed by atoms with van der Waals surface area (Å²) < 4.78 is 0. The monoisotopic (exact) mass is 224 g/mol. The van der Waals surface area contributed by atoms with E-state index in [2.05, 4.69) is 4.98 Å². The molecule has 4 heteroatoms. The first-order valence-electron chi connectivity index (χ1n) is 5.10. The predicted molar refractivity (Wildman–Crippen MR) is 59.0 cm³/mol. The number of aromatic nitrogens is 1. The number of halogens is 1. The zero-order valence-electron chi connectivity index (χ0n) is 8.40. The maximum Gasteiger partial charge on any atom is 0.254 e. The second-order valence-electron chi connectivity index (χ2n) is 3.65. The summed E-state index contributed by atoms with van der Waals surface area (Å²) in [7, 11) is 0. The number of carbonyl (C=O) groups excluding carboxylic acids is 1. The van der Waals surface area contributed by atoms with Crippen LogP contribution in [0.1, 0.15) is 23.2 Å². The van der Waals surface area contributed by atoms with Gasteiger partial charge in [-0.1, -0.05) is 0 Å². The predicted octanol–water partition coefficient (Wildman–Crippen LogP) is 1.93. The molecule has 0 spiro atoms. The molecule has 0 bridgehead atoms. The summed E-state index contributed by atoms with van der Waals surface area (Å²) in [5.41, 5.74) is 0.696. The Morgan fingerprint density at radius 3 is 2.67 bits per heavy atom. The summed E-state index contributed by atoms with van der Waals surface area (Å²) in [6, 6.07) is 3.89. The van der Waals surface area contributed by atoms with Gasteiger partial charge in [0.15, 0.2) is 0 Å². The average Bonchev–Trinajstić information content (AvgIpc) is 3.10. The summed E-state index contributed by atoms with van der Waals surface area (Å²) in [6.45, 7) is 0.632. The number of nitrogens with zero attached hydrogens (tertiary/aromatic N) is 2. The quantitative estimate of drug-likeness (QED) is 0.733. The molecule has 2 rings (SSSR count). The fourth-order valence-corrected chi connectivity index (χ4v) is 1.77. The van der Waals surface area contributed by atoms with Crippen molar-refractivity contribution in [3.05, 3.63) is 30.1 Å². The van der Waals surface area contributed by atoms with Crippen LogP contribution in [-0.2, 0) is 0 Å². The molecule has 1 saturated carbocycles. The molecule has 1 heterocycles. The first kappa shape index (κ1) is 10.4. The van der Waals surface area contributed by atoms with Crippen LogP contribution in [0.15, 0.2) is 24.5 Å². The molecule has 0 atom stereocenters. The van der Waals surface area contributed by atoms with Gasteiger partial charge in [0.1, 0.15) is 0 Å². The summed E-state index contributed by atoms with van der Waals surface area (Å²) >= 11 is 5.69. The van der Waals surface area contributed by atoms with Gasteiger partial charge in [-0.05, 0) is 25.0 Å². The third-order valence-corrected chi connectivity index (χ3v) is 2.67. The fraction of sp³-hybridized carbons (Fsp3) is 0.455. The second-order valence-corrected chi connectivity index (χ2v) is 4.03. The first-order chi connectivity index (χ1) is 7.33. The second kappa shape index (κ2) is 4.62. The smallest absolute Gasteiger partial charge is 0.254 e. The van der Waals surface area contributed by atoms with Gasteiger partial charge in [-0.2, -0.15) is 0 Å². The van der Waals surface area contributed by atoms with Crippen LogP contribution < -0.4 is 0 Å². The summed E-state index contributed by atoms with van der Waals surface area (Å²) in [5.74, 6) is 0.563. The molecule has 0 radical (unpaired) electrons. The molecule has 1 aromatic rings. The van der Waals surface area contributed by atoms with Crippen molar-refractivity contribution < 1.29 is 4.79 Å². The minimum Gasteiger partial charge on any atom is -0.334 e. The summed E-state index contributed by atoms with van der Waals surface area (Å²) in [5, 5.41) is 0. The Balaban J connectivity index is 2.10. The molecule has 0 aromatic carbocycles. The molecule has 1 amide bonds. The Bertz CT molecular complexity index is 338. The lowest BCUT2D eigenvalue weighted by Gasteiger charge is -2.21. The van der Waals surface area contributed by atoms with Crippen molar-refractivity contribution in [3.63, 3.8) is 0 Å². The summed E-state index contributed by atoms with van der Waals surface area (Å²) in [6.07, 6.45) is 5.49. The highest BCUT2D eigenvalue weighted by Gasteiger charge is 2.32. The number of rotatable bonds is 4. The SMILES string of the molecule is O=C(c1ccncc1)N(CCCl)C1CC1. The lowest BCUT2D eigenvalue weighted by molar-refractivity contribution is 0.0753. The maximum absolute atomic E-state index is 12.1. The van der Waals surface area contributed by atoms with Gasteiger partial charge in [0.2, 0.25) is 0 Å². The zero-order chi connectivity index (χ0) is 10.7. The van der Waals surface area contributed by atoms with Gasteiger partial charge >= 0.3 is 0 Å². The summed E-state index contributed by atoms with van der Waals surface area (Å²) in [4.78, 5) is 17.8. The molecule has 3 nitrogen and oxygen atoms in total. The lowest BCUT2D eigenvalue weighted by Crippen LogP contribution is -2.34. The molecule has 0 saturated heterocycles. The lowest BCUT2D eigenvalue weighted by atomic mass is 10.2. The number of amides is 1. The fourth-order valence-electron chi connectivity index (χ4n) is 1.59. The van der Waals surface area contributed by atoms with Gasteiger partial charge in [-0.15, -0.1) is 11.6 Å². The highest BCUT2D eigenvalue weighted by molar-refractivity contribution is 6.18. The zero-order valence-corrected chi connectivity index (χ0v) is 9.15. The van der Waals surface area contributed by atoms with Crippen LogP contribution in [-0.4, -0.2) is 34.3 Å². The van der Waals surface area contributed by atoms with E-state index in [-0.39, 0.29) is 5.91 Å². The molecule has 0 unspecified atom stereocenters. The van der Waals surface area contributed by atoms with Crippen molar-refractivity contribution in [1.82, 2.24) is 9.88 Å². The Morgan fingerprint density at radius 1 is 1.47 bits per heavy atom. The molecule has 80 valence electrons. The van der Waals surface area contributed by atoms with E-state index in [4.69, 9.17) is 11.6 Å². The van der Waals surface area contributed by atoms with Crippen molar-refractivity contribution in [2.75, 3.05) is 12.4 Å².